The van der Waals surface area contributed by atoms with Crippen LogP contribution in [-0.4, -0.2) is 30.3 Å². The first-order valence-corrected chi connectivity index (χ1v) is 10.8. The van der Waals surface area contributed by atoms with Crippen LogP contribution in [0.3, 0.4) is 0 Å². The van der Waals surface area contributed by atoms with Crippen molar-refractivity contribution in [2.45, 2.75) is 83.3 Å². The number of methoxy groups -OCH3 is 1. The Morgan fingerprint density at radius 2 is 1.43 bits per heavy atom. The molecule has 5 heteroatoms. The molecular weight excluding hydrogens is 354 g/mol. The van der Waals surface area contributed by atoms with E-state index < -0.39 is 6.29 Å². The van der Waals surface area contributed by atoms with E-state index in [1.165, 1.54) is 64.0 Å². The van der Waals surface area contributed by atoms with Gasteiger partial charge in [-0.05, 0) is 23.5 Å². The van der Waals surface area contributed by atoms with Crippen molar-refractivity contribution in [3.05, 3.63) is 35.4 Å². The van der Waals surface area contributed by atoms with Crippen LogP contribution in [0, 0.1) is 5.92 Å². The number of hydrogen-bond donors (Lipinski definition) is 0. The van der Waals surface area contributed by atoms with E-state index in [1.807, 2.05) is 0 Å². The minimum absolute atomic E-state index is 0.213. The van der Waals surface area contributed by atoms with Crippen molar-refractivity contribution >= 4 is 11.8 Å². The quantitative estimate of drug-likeness (QED) is 0.508. The number of amides is 2. The zero-order valence-electron chi connectivity index (χ0n) is 17.0. The van der Waals surface area contributed by atoms with Crippen LogP contribution in [0.2, 0.25) is 0 Å². The van der Waals surface area contributed by atoms with E-state index in [2.05, 4.69) is 24.3 Å². The SMILES string of the molecule is COC(Cc1ccc(CC2CCCCCCCC2)cc1)ON1C(=O)CCC1=O. The summed E-state index contributed by atoms with van der Waals surface area (Å²) < 4.78 is 5.33. The number of imide groups is 1. The number of benzene rings is 1. The van der Waals surface area contributed by atoms with E-state index in [0.29, 0.717) is 6.42 Å². The summed E-state index contributed by atoms with van der Waals surface area (Å²) in [7, 11) is 1.53. The monoisotopic (exact) mass is 387 g/mol. The average Bonchev–Trinajstić information content (AvgIpc) is 3.08. The van der Waals surface area contributed by atoms with Gasteiger partial charge in [0.05, 0.1) is 0 Å². The highest BCUT2D eigenvalue weighted by molar-refractivity contribution is 6.00. The molecule has 1 saturated carbocycles. The Bertz CT molecular complexity index is 617. The molecule has 2 fully saturated rings. The van der Waals surface area contributed by atoms with Gasteiger partial charge in [-0.2, -0.15) is 5.06 Å². The van der Waals surface area contributed by atoms with Gasteiger partial charge < -0.3 is 4.74 Å². The first kappa shape index (κ1) is 21.0. The second-order valence-corrected chi connectivity index (χ2v) is 8.14. The van der Waals surface area contributed by atoms with Crippen molar-refractivity contribution in [1.29, 1.82) is 0 Å². The number of hydrogen-bond acceptors (Lipinski definition) is 4. The number of rotatable bonds is 7. The van der Waals surface area contributed by atoms with Crippen LogP contribution in [0.4, 0.5) is 0 Å². The zero-order chi connectivity index (χ0) is 19.8. The lowest BCUT2D eigenvalue weighted by Crippen LogP contribution is -2.35. The Labute approximate surface area is 168 Å². The molecule has 28 heavy (non-hydrogen) atoms. The van der Waals surface area contributed by atoms with Gasteiger partial charge in [0.1, 0.15) is 0 Å². The van der Waals surface area contributed by atoms with Crippen molar-refractivity contribution < 1.29 is 19.2 Å². The van der Waals surface area contributed by atoms with Crippen molar-refractivity contribution in [2.75, 3.05) is 7.11 Å². The van der Waals surface area contributed by atoms with Gasteiger partial charge in [0, 0.05) is 26.4 Å². The van der Waals surface area contributed by atoms with Crippen LogP contribution in [0.1, 0.15) is 75.3 Å². The lowest BCUT2D eigenvalue weighted by atomic mass is 9.90. The molecule has 5 nitrogen and oxygen atoms in total. The van der Waals surface area contributed by atoms with E-state index in [0.717, 1.165) is 23.0 Å². The fourth-order valence-electron chi connectivity index (χ4n) is 4.21. The lowest BCUT2D eigenvalue weighted by molar-refractivity contribution is -0.251. The summed E-state index contributed by atoms with van der Waals surface area (Å²) in [4.78, 5) is 28.9. The lowest BCUT2D eigenvalue weighted by Gasteiger charge is -2.21. The smallest absolute Gasteiger partial charge is 0.254 e. The van der Waals surface area contributed by atoms with E-state index in [-0.39, 0.29) is 24.7 Å². The Hall–Kier alpha value is -1.72. The van der Waals surface area contributed by atoms with Crippen molar-refractivity contribution in [2.24, 2.45) is 5.92 Å². The summed E-state index contributed by atoms with van der Waals surface area (Å²) in [6, 6.07) is 8.60. The Morgan fingerprint density at radius 3 is 2.00 bits per heavy atom. The maximum absolute atomic E-state index is 11.7. The molecule has 2 amide bonds. The first-order chi connectivity index (χ1) is 13.7. The minimum Gasteiger partial charge on any atom is -0.353 e. The standard InChI is InChI=1S/C23H33NO4/c1-27-23(28-24-21(25)14-15-22(24)26)17-20-12-10-19(11-13-20)16-18-8-6-4-2-3-5-7-9-18/h10-13,18,23H,2-9,14-17H2,1H3. The summed E-state index contributed by atoms with van der Waals surface area (Å²) in [6.07, 6.45) is 12.4. The van der Waals surface area contributed by atoms with Gasteiger partial charge in [-0.3, -0.25) is 9.59 Å². The van der Waals surface area contributed by atoms with Gasteiger partial charge >= 0.3 is 0 Å². The van der Waals surface area contributed by atoms with Crippen LogP contribution in [0.5, 0.6) is 0 Å². The summed E-state index contributed by atoms with van der Waals surface area (Å²) >= 11 is 0. The third-order valence-corrected chi connectivity index (χ3v) is 5.92. The Morgan fingerprint density at radius 1 is 0.893 bits per heavy atom. The molecule has 3 rings (SSSR count). The fourth-order valence-corrected chi connectivity index (χ4v) is 4.21. The molecule has 0 N–H and O–H groups in total. The third-order valence-electron chi connectivity index (χ3n) is 5.92. The number of carbonyl (C=O) groups excluding carboxylic acids is 2. The number of carbonyl (C=O) groups is 2. The zero-order valence-corrected chi connectivity index (χ0v) is 17.0. The molecule has 2 aliphatic rings. The molecule has 154 valence electrons. The maximum atomic E-state index is 11.7. The predicted octanol–water partition coefficient (Wildman–Crippen LogP) is 4.58. The van der Waals surface area contributed by atoms with Crippen LogP contribution >= 0.6 is 0 Å². The van der Waals surface area contributed by atoms with Crippen LogP contribution in [-0.2, 0) is 32.0 Å². The number of hydroxylamine groups is 2. The second-order valence-electron chi connectivity index (χ2n) is 8.14. The van der Waals surface area contributed by atoms with Crippen molar-refractivity contribution in [1.82, 2.24) is 5.06 Å². The topological polar surface area (TPSA) is 55.8 Å². The molecule has 0 radical (unpaired) electrons. The Kier molecular flexibility index (Phi) is 8.04. The van der Waals surface area contributed by atoms with Gasteiger partial charge in [-0.15, -0.1) is 0 Å². The van der Waals surface area contributed by atoms with Crippen LogP contribution in [0.25, 0.3) is 0 Å². The largest absolute Gasteiger partial charge is 0.353 e. The maximum Gasteiger partial charge on any atom is 0.254 e. The Balaban J connectivity index is 1.52. The van der Waals surface area contributed by atoms with E-state index >= 15 is 0 Å². The van der Waals surface area contributed by atoms with E-state index in [4.69, 9.17) is 9.57 Å². The predicted molar refractivity (Wildman–Crippen MR) is 107 cm³/mol. The van der Waals surface area contributed by atoms with Gasteiger partial charge in [0.15, 0.2) is 6.29 Å². The number of nitrogens with zero attached hydrogens (tertiary/aromatic N) is 1. The van der Waals surface area contributed by atoms with E-state index in [9.17, 15) is 9.59 Å². The highest BCUT2D eigenvalue weighted by Crippen LogP contribution is 2.25. The first-order valence-electron chi connectivity index (χ1n) is 10.8. The highest BCUT2D eigenvalue weighted by atomic mass is 16.8. The van der Waals surface area contributed by atoms with Gasteiger partial charge in [0.2, 0.25) is 0 Å². The molecule has 0 spiro atoms. The average molecular weight is 388 g/mol. The molecule has 1 unspecified atom stereocenters. The molecule has 1 aliphatic heterocycles. The summed E-state index contributed by atoms with van der Waals surface area (Å²) in [5.74, 6) is 0.209. The van der Waals surface area contributed by atoms with Gasteiger partial charge in [-0.1, -0.05) is 75.6 Å². The molecule has 1 heterocycles. The molecule has 0 bridgehead atoms. The van der Waals surface area contributed by atoms with Gasteiger partial charge in [0.25, 0.3) is 11.8 Å². The third kappa shape index (κ3) is 6.14. The summed E-state index contributed by atoms with van der Waals surface area (Å²) in [6.45, 7) is 0. The fraction of sp³-hybridized carbons (Fsp3) is 0.652. The molecule has 0 aromatic heterocycles. The van der Waals surface area contributed by atoms with Crippen LogP contribution in [0.15, 0.2) is 24.3 Å². The molecule has 1 aromatic rings. The second kappa shape index (κ2) is 10.7. The van der Waals surface area contributed by atoms with E-state index in [1.54, 1.807) is 0 Å². The molecule has 1 aromatic carbocycles. The molecule has 1 saturated heterocycles. The molecule has 1 aliphatic carbocycles. The normalized spacial score (nSPS) is 20.7. The molecule has 1 atom stereocenters. The van der Waals surface area contributed by atoms with Crippen LogP contribution < -0.4 is 0 Å². The highest BCUT2D eigenvalue weighted by Gasteiger charge is 2.32. The summed E-state index contributed by atoms with van der Waals surface area (Å²) in [5, 5.41) is 0.861. The minimum atomic E-state index is -0.647. The van der Waals surface area contributed by atoms with Crippen molar-refractivity contribution in [3.63, 3.8) is 0 Å². The number of ether oxygens (including phenoxy) is 1. The molecular formula is C23H33NO4. The van der Waals surface area contributed by atoms with Crippen molar-refractivity contribution in [3.8, 4) is 0 Å². The van der Waals surface area contributed by atoms with Gasteiger partial charge in [-0.25, -0.2) is 4.84 Å². The summed E-state index contributed by atoms with van der Waals surface area (Å²) in [5.41, 5.74) is 2.46.